The average Bonchev–Trinajstić information content (AvgIpc) is 1.54. The first-order chi connectivity index (χ1) is 5.20. The third-order valence-electron chi connectivity index (χ3n) is 0. The fourth-order valence-electron chi connectivity index (χ4n) is 0. The summed E-state index contributed by atoms with van der Waals surface area (Å²) < 4.78 is 0. The van der Waals surface area contributed by atoms with Crippen LogP contribution in [-0.2, 0) is 0 Å². The predicted octanol–water partition coefficient (Wildman–Crippen LogP) is 4.48. The van der Waals surface area contributed by atoms with Gasteiger partial charge in [0.25, 0.3) is 0 Å². The molecular formula is C12H27Al. The molecule has 0 heterocycles. The van der Waals surface area contributed by atoms with Crippen LogP contribution < -0.4 is 0 Å². The van der Waals surface area contributed by atoms with Gasteiger partial charge >= 0.3 is 17.4 Å². The Morgan fingerprint density at radius 2 is 0.385 bits per heavy atom. The first kappa shape index (κ1) is 23.4. The smallest absolute Gasteiger partial charge is 0.323 e. The fourth-order valence-corrected chi connectivity index (χ4v) is 0. The van der Waals surface area contributed by atoms with Crippen LogP contribution in [0.25, 0.3) is 0 Å². The summed E-state index contributed by atoms with van der Waals surface area (Å²) in [5.74, 6) is 4.25. The van der Waals surface area contributed by atoms with E-state index < -0.39 is 0 Å². The standard InChI is InChI=1S/3C4H9.Al/c3*1-4(2)3;/h3*1-3H3;/q3*-1;+3. The molecule has 0 aromatic carbocycles. The van der Waals surface area contributed by atoms with E-state index in [1.165, 1.54) is 17.8 Å². The van der Waals surface area contributed by atoms with Gasteiger partial charge < -0.3 is 17.8 Å². The van der Waals surface area contributed by atoms with Crippen molar-refractivity contribution in [3.05, 3.63) is 17.8 Å². The molecule has 0 radical (unpaired) electrons. The van der Waals surface area contributed by atoms with E-state index in [0.29, 0.717) is 0 Å². The molecule has 0 saturated carbocycles. The van der Waals surface area contributed by atoms with Gasteiger partial charge in [-0.05, 0) is 0 Å². The summed E-state index contributed by atoms with van der Waals surface area (Å²) in [6, 6.07) is 0. The van der Waals surface area contributed by atoms with Gasteiger partial charge in [-0.15, -0.1) is 0 Å². The molecule has 0 rings (SSSR count). The van der Waals surface area contributed by atoms with Crippen molar-refractivity contribution in [3.8, 4) is 0 Å². The zero-order valence-electron chi connectivity index (χ0n) is 11.1. The Balaban J connectivity index is -0.0000000450. The molecule has 0 aliphatic heterocycles. The Labute approximate surface area is 97.6 Å². The monoisotopic (exact) mass is 198 g/mol. The van der Waals surface area contributed by atoms with E-state index in [0.717, 1.165) is 0 Å². The average molecular weight is 198 g/mol. The molecule has 0 spiro atoms. The second-order valence-electron chi connectivity index (χ2n) is 4.50. The van der Waals surface area contributed by atoms with Gasteiger partial charge in [-0.1, -0.05) is 0 Å². The molecule has 0 nitrogen and oxygen atoms in total. The number of hydrogen-bond acceptors (Lipinski definition) is 0. The maximum Gasteiger partial charge on any atom is 3.00 e. The molecule has 0 aliphatic carbocycles. The molecule has 0 saturated heterocycles. The summed E-state index contributed by atoms with van der Waals surface area (Å²) in [5, 5.41) is 0. The van der Waals surface area contributed by atoms with Crippen molar-refractivity contribution in [2.75, 3.05) is 0 Å². The third-order valence-corrected chi connectivity index (χ3v) is 0. The zero-order chi connectivity index (χ0) is 10.7. The van der Waals surface area contributed by atoms with Crippen molar-refractivity contribution >= 4 is 17.4 Å². The second kappa shape index (κ2) is 18.3. The molecule has 78 valence electrons. The molecule has 0 fully saturated rings. The first-order valence-electron chi connectivity index (χ1n) is 4.50. The largest absolute Gasteiger partial charge is 3.00 e. The van der Waals surface area contributed by atoms with Crippen molar-refractivity contribution in [1.29, 1.82) is 0 Å². The van der Waals surface area contributed by atoms with Gasteiger partial charge in [-0.2, -0.15) is 62.3 Å². The number of hydrogen-bond donors (Lipinski definition) is 0. The normalized spacial score (nSPS) is 8.31. The quantitative estimate of drug-likeness (QED) is 0.397. The SMILES string of the molecule is C[C-](C)C.C[C-](C)C.C[C-](C)C.[Al+3]. The molecule has 0 unspecified atom stereocenters. The van der Waals surface area contributed by atoms with E-state index in [2.05, 4.69) is 62.3 Å². The third kappa shape index (κ3) is 4900. The number of rotatable bonds is 0. The molecule has 0 atom stereocenters. The summed E-state index contributed by atoms with van der Waals surface area (Å²) in [6.07, 6.45) is 0. The summed E-state index contributed by atoms with van der Waals surface area (Å²) in [4.78, 5) is 0. The molecule has 0 amide bonds. The Kier molecular flexibility index (Phi) is 33.0. The van der Waals surface area contributed by atoms with Crippen molar-refractivity contribution < 1.29 is 0 Å². The molecule has 1 heteroatoms. The van der Waals surface area contributed by atoms with Crippen molar-refractivity contribution in [3.63, 3.8) is 0 Å². The molecule has 0 aromatic heterocycles. The van der Waals surface area contributed by atoms with Crippen LogP contribution in [0.3, 0.4) is 0 Å². The van der Waals surface area contributed by atoms with E-state index in [4.69, 9.17) is 0 Å². The summed E-state index contributed by atoms with van der Waals surface area (Å²) in [6.45, 7) is 18.8. The van der Waals surface area contributed by atoms with E-state index in [1.54, 1.807) is 0 Å². The molecule has 0 N–H and O–H groups in total. The minimum absolute atomic E-state index is 0. The Morgan fingerprint density at radius 3 is 0.385 bits per heavy atom. The van der Waals surface area contributed by atoms with Crippen molar-refractivity contribution in [1.82, 2.24) is 0 Å². The van der Waals surface area contributed by atoms with Crippen LogP contribution in [0.4, 0.5) is 0 Å². The van der Waals surface area contributed by atoms with Crippen molar-refractivity contribution in [2.45, 2.75) is 62.3 Å². The molecule has 0 bridgehead atoms. The van der Waals surface area contributed by atoms with Crippen LogP contribution in [0, 0.1) is 17.8 Å². The van der Waals surface area contributed by atoms with Gasteiger partial charge in [-0.25, -0.2) is 0 Å². The fraction of sp³-hybridized carbons (Fsp3) is 0.750. The van der Waals surface area contributed by atoms with Gasteiger partial charge in [0, 0.05) is 0 Å². The maximum atomic E-state index is 2.08. The second-order valence-corrected chi connectivity index (χ2v) is 4.50. The van der Waals surface area contributed by atoms with Gasteiger partial charge in [0.15, 0.2) is 0 Å². The van der Waals surface area contributed by atoms with Gasteiger partial charge in [0.1, 0.15) is 0 Å². The summed E-state index contributed by atoms with van der Waals surface area (Å²) >= 11 is 0. The van der Waals surface area contributed by atoms with Crippen LogP contribution >= 0.6 is 0 Å². The molecular weight excluding hydrogens is 171 g/mol. The van der Waals surface area contributed by atoms with Crippen LogP contribution in [0.5, 0.6) is 0 Å². The molecule has 0 aromatic rings. The van der Waals surface area contributed by atoms with Gasteiger partial charge in [0.05, 0.1) is 0 Å². The van der Waals surface area contributed by atoms with E-state index >= 15 is 0 Å². The summed E-state index contributed by atoms with van der Waals surface area (Å²) in [7, 11) is 0. The summed E-state index contributed by atoms with van der Waals surface area (Å²) in [5.41, 5.74) is 0. The van der Waals surface area contributed by atoms with Gasteiger partial charge in [-0.3, -0.25) is 0 Å². The molecule has 0 aliphatic rings. The Morgan fingerprint density at radius 1 is 0.385 bits per heavy atom. The Bertz CT molecular complexity index is 33.6. The maximum absolute atomic E-state index is 2.08. The predicted molar refractivity (Wildman–Crippen MR) is 66.5 cm³/mol. The molecule has 13 heavy (non-hydrogen) atoms. The zero-order valence-corrected chi connectivity index (χ0v) is 12.2. The van der Waals surface area contributed by atoms with Gasteiger partial charge in [0.2, 0.25) is 0 Å². The first-order valence-corrected chi connectivity index (χ1v) is 4.50. The van der Waals surface area contributed by atoms with E-state index in [9.17, 15) is 0 Å². The topological polar surface area (TPSA) is 0 Å². The van der Waals surface area contributed by atoms with Crippen LogP contribution in [0.15, 0.2) is 0 Å². The van der Waals surface area contributed by atoms with Crippen molar-refractivity contribution in [2.24, 2.45) is 0 Å². The Hall–Kier alpha value is 0.532. The minimum atomic E-state index is 0. The van der Waals surface area contributed by atoms with Crippen LogP contribution in [0.2, 0.25) is 0 Å². The van der Waals surface area contributed by atoms with E-state index in [-0.39, 0.29) is 17.4 Å². The van der Waals surface area contributed by atoms with E-state index in [1.807, 2.05) is 0 Å². The van der Waals surface area contributed by atoms with Crippen LogP contribution in [0.1, 0.15) is 62.3 Å². The van der Waals surface area contributed by atoms with Crippen LogP contribution in [-0.4, -0.2) is 17.4 Å². The minimum Gasteiger partial charge on any atom is -0.323 e.